The predicted octanol–water partition coefficient (Wildman–Crippen LogP) is 7.76. The molecule has 0 saturated carbocycles. The van der Waals surface area contributed by atoms with Crippen LogP contribution in [-0.4, -0.2) is 26.5 Å². The van der Waals surface area contributed by atoms with Crippen molar-refractivity contribution in [2.45, 2.75) is 13.8 Å². The Balaban J connectivity index is 0.000000830. The van der Waals surface area contributed by atoms with Gasteiger partial charge in [-0.15, -0.1) is 0 Å². The van der Waals surface area contributed by atoms with Gasteiger partial charge < -0.3 is 9.47 Å². The second-order valence-electron chi connectivity index (χ2n) is 9.23. The van der Waals surface area contributed by atoms with Gasteiger partial charge in [0.15, 0.2) is 0 Å². The summed E-state index contributed by atoms with van der Waals surface area (Å²) in [5.74, 6) is 3.78. The number of hydrogen-bond donors (Lipinski definition) is 0. The van der Waals surface area contributed by atoms with Gasteiger partial charge in [0.1, 0.15) is 11.5 Å². The molecule has 0 saturated heterocycles. The van der Waals surface area contributed by atoms with Crippen LogP contribution >= 0.6 is 15.8 Å². The Morgan fingerprint density at radius 3 is 1.07 bits per heavy atom. The molecule has 0 unspecified atom stereocenters. The molecule has 0 N–H and O–H groups in total. The summed E-state index contributed by atoms with van der Waals surface area (Å²) in [5.41, 5.74) is 0. The first-order chi connectivity index (χ1) is 19.3. The van der Waals surface area contributed by atoms with Gasteiger partial charge in [-0.2, -0.15) is 0 Å². The summed E-state index contributed by atoms with van der Waals surface area (Å²) in [6.07, 6.45) is 2.16. The van der Waals surface area contributed by atoms with E-state index in [0.29, 0.717) is 0 Å². The van der Waals surface area contributed by atoms with E-state index in [9.17, 15) is 0 Å². The van der Waals surface area contributed by atoms with Crippen LogP contribution in [0.3, 0.4) is 0 Å². The van der Waals surface area contributed by atoms with Crippen LogP contribution in [0.5, 0.6) is 11.5 Å². The van der Waals surface area contributed by atoms with E-state index in [1.54, 1.807) is 14.2 Å². The molecule has 0 aliphatic carbocycles. The summed E-state index contributed by atoms with van der Waals surface area (Å²) in [5, 5.41) is 5.38. The molecule has 41 heavy (non-hydrogen) atoms. The second-order valence-corrected chi connectivity index (χ2v) is 13.8. The van der Waals surface area contributed by atoms with Crippen molar-refractivity contribution in [2.24, 2.45) is 0 Å². The number of benzene rings is 4. The molecule has 4 aromatic rings. The van der Waals surface area contributed by atoms with E-state index in [0.717, 1.165) is 35.7 Å². The summed E-state index contributed by atoms with van der Waals surface area (Å²) in [4.78, 5) is 0. The molecule has 4 aromatic carbocycles. The Hall–Kier alpha value is -2.04. The van der Waals surface area contributed by atoms with Gasteiger partial charge in [0.05, 0.1) is 14.2 Å². The van der Waals surface area contributed by atoms with Gasteiger partial charge in [-0.05, 0) is 90.4 Å². The van der Waals surface area contributed by atoms with Crippen LogP contribution in [0.25, 0.3) is 0 Å². The standard InChI is InChI=1S/C28H28O2P2.2C4H7.Ru/c1-29-25-17-9-11-19-27(25)31(23-13-5-3-6-14-23)21-22-32(24-15-7-4-8-16-24)28-20-12-10-18-26(28)30-2;2*1-4(2)3;/h3-20H,21-22H2,1-2H3;2*1-2H2,3H3;/t31-,32-;;;/m1.../s1. The molecule has 0 bridgehead atoms. The van der Waals surface area contributed by atoms with Crippen molar-refractivity contribution >= 4 is 37.1 Å². The molecule has 0 heterocycles. The van der Waals surface area contributed by atoms with Gasteiger partial charge in [0.2, 0.25) is 0 Å². The first-order valence-corrected chi connectivity index (χ1v) is 16.2. The molecular formula is C36H42O2P2Ru. The molecule has 2 nitrogen and oxygen atoms in total. The fourth-order valence-electron chi connectivity index (χ4n) is 3.90. The van der Waals surface area contributed by atoms with Crippen LogP contribution < -0.4 is 30.7 Å². The Kier molecular flexibility index (Phi) is 18.7. The van der Waals surface area contributed by atoms with Crippen molar-refractivity contribution < 1.29 is 29.0 Å². The third-order valence-corrected chi connectivity index (χ3v) is 10.9. The number of methoxy groups -OCH3 is 2. The third kappa shape index (κ3) is 13.2. The first-order valence-electron chi connectivity index (χ1n) is 13.1. The zero-order chi connectivity index (χ0) is 29.3. The average Bonchev–Trinajstić information content (AvgIpc) is 2.96. The summed E-state index contributed by atoms with van der Waals surface area (Å²) in [7, 11) is 2.43. The normalized spacial score (nSPS) is 11.7. The van der Waals surface area contributed by atoms with Crippen molar-refractivity contribution in [2.75, 3.05) is 26.5 Å². The van der Waals surface area contributed by atoms with Crippen molar-refractivity contribution in [1.82, 2.24) is 0 Å². The number of ether oxygens (including phenoxy) is 2. The van der Waals surface area contributed by atoms with Gasteiger partial charge in [-0.25, -0.2) is 0 Å². The number of rotatable bonds is 9. The minimum Gasteiger partial charge on any atom is -0.496 e. The van der Waals surface area contributed by atoms with Crippen LogP contribution in [0.2, 0.25) is 0 Å². The fraction of sp³-hybridized carbons (Fsp3) is 0.167. The largest absolute Gasteiger partial charge is 0.496 e. The average molecular weight is 670 g/mol. The SMILES string of the molecule is COc1ccccc1[P@](CC[P@](c1ccccc1)c1ccccc1OC)c1ccccc1.[CH2][C]([CH2])C.[CH2][C]([CH2])C.[Ru]. The van der Waals surface area contributed by atoms with E-state index in [1.165, 1.54) is 21.2 Å². The van der Waals surface area contributed by atoms with Gasteiger partial charge >= 0.3 is 0 Å². The molecule has 216 valence electrons. The summed E-state index contributed by atoms with van der Waals surface area (Å²) in [6, 6.07) is 38.7. The first kappa shape index (κ1) is 37.0. The monoisotopic (exact) mass is 670 g/mol. The topological polar surface area (TPSA) is 18.5 Å². The van der Waals surface area contributed by atoms with Gasteiger partial charge in [0.25, 0.3) is 0 Å². The minimum absolute atomic E-state index is 0. The van der Waals surface area contributed by atoms with Crippen LogP contribution in [0.15, 0.2) is 109 Å². The van der Waals surface area contributed by atoms with Crippen LogP contribution in [0.4, 0.5) is 0 Å². The molecule has 0 aliphatic heterocycles. The smallest absolute Gasteiger partial charge is 0.126 e. The number of hydrogen-bond acceptors (Lipinski definition) is 2. The molecule has 2 atom stereocenters. The van der Waals surface area contributed by atoms with Crippen molar-refractivity contribution in [3.63, 3.8) is 0 Å². The number of para-hydroxylation sites is 2. The summed E-state index contributed by atoms with van der Waals surface area (Å²) >= 11 is 0. The maximum atomic E-state index is 5.76. The predicted molar refractivity (Wildman–Crippen MR) is 180 cm³/mol. The second kappa shape index (κ2) is 20.8. The third-order valence-electron chi connectivity index (χ3n) is 5.43. The van der Waals surface area contributed by atoms with Gasteiger partial charge in [-0.1, -0.05) is 111 Å². The van der Waals surface area contributed by atoms with E-state index >= 15 is 0 Å². The molecule has 5 heteroatoms. The van der Waals surface area contributed by atoms with E-state index in [-0.39, 0.29) is 19.5 Å². The Morgan fingerprint density at radius 1 is 0.512 bits per heavy atom. The maximum Gasteiger partial charge on any atom is 0.126 e. The van der Waals surface area contributed by atoms with Crippen LogP contribution in [0.1, 0.15) is 13.8 Å². The molecular weight excluding hydrogens is 627 g/mol. The molecule has 4 rings (SSSR count). The van der Waals surface area contributed by atoms with Crippen LogP contribution in [-0.2, 0) is 19.5 Å². The molecule has 6 radical (unpaired) electrons. The Labute approximate surface area is 265 Å². The van der Waals surface area contributed by atoms with Gasteiger partial charge in [0, 0.05) is 30.1 Å². The summed E-state index contributed by atoms with van der Waals surface area (Å²) < 4.78 is 11.5. The van der Waals surface area contributed by atoms with E-state index in [1.807, 2.05) is 26.0 Å². The van der Waals surface area contributed by atoms with Crippen molar-refractivity contribution in [3.05, 3.63) is 149 Å². The quantitative estimate of drug-likeness (QED) is 0.134. The van der Waals surface area contributed by atoms with Crippen LogP contribution in [0, 0.1) is 39.5 Å². The molecule has 0 aromatic heterocycles. The molecule has 0 fully saturated rings. The fourth-order valence-corrected chi connectivity index (χ4v) is 9.51. The molecule has 0 amide bonds. The zero-order valence-electron chi connectivity index (χ0n) is 24.7. The Morgan fingerprint density at radius 2 is 0.780 bits per heavy atom. The van der Waals surface area contributed by atoms with Crippen molar-refractivity contribution in [3.8, 4) is 11.5 Å². The van der Waals surface area contributed by atoms with E-state index in [2.05, 4.69) is 125 Å². The van der Waals surface area contributed by atoms with E-state index < -0.39 is 15.8 Å². The van der Waals surface area contributed by atoms with Gasteiger partial charge in [-0.3, -0.25) is 0 Å². The van der Waals surface area contributed by atoms with E-state index in [4.69, 9.17) is 9.47 Å². The maximum absolute atomic E-state index is 5.76. The zero-order valence-corrected chi connectivity index (χ0v) is 28.2. The minimum atomic E-state index is -0.554. The molecule has 0 spiro atoms. The van der Waals surface area contributed by atoms with Crippen molar-refractivity contribution in [1.29, 1.82) is 0 Å². The molecule has 0 aliphatic rings. The Bertz CT molecular complexity index is 1110. The summed E-state index contributed by atoms with van der Waals surface area (Å²) in [6.45, 7) is 17.5.